The summed E-state index contributed by atoms with van der Waals surface area (Å²) >= 11 is 5.51. The quantitative estimate of drug-likeness (QED) is 0.497. The fourth-order valence-corrected chi connectivity index (χ4v) is 3.45. The van der Waals surface area contributed by atoms with Gasteiger partial charge in [0.1, 0.15) is 6.34 Å². The molecule has 5 heteroatoms. The number of nitrogens with zero attached hydrogens (tertiary/aromatic N) is 3. The molecule has 0 aliphatic heterocycles. The standard InChI is InChI=1S/C18H24N4S/c1-14-15(2)22(18(23)20-14)21(17-11-7-4-8-12-17)13-19-16-9-5-3-6-10-16/h4,7-8,11-13,16H,3,5-6,9-10H2,1-2H3,(H,20,23). The van der Waals surface area contributed by atoms with E-state index >= 15 is 0 Å². The maximum Gasteiger partial charge on any atom is 0.197 e. The molecule has 1 aromatic carbocycles. The van der Waals surface area contributed by atoms with Gasteiger partial charge in [-0.1, -0.05) is 37.5 Å². The van der Waals surface area contributed by atoms with Crippen molar-refractivity contribution >= 4 is 24.2 Å². The first-order valence-electron chi connectivity index (χ1n) is 8.33. The summed E-state index contributed by atoms with van der Waals surface area (Å²) in [7, 11) is 0. The molecule has 0 atom stereocenters. The lowest BCUT2D eigenvalue weighted by molar-refractivity contribution is 0.443. The summed E-state index contributed by atoms with van der Waals surface area (Å²) in [5.41, 5.74) is 3.25. The molecular formula is C18H24N4S. The van der Waals surface area contributed by atoms with Gasteiger partial charge in [0.15, 0.2) is 4.77 Å². The van der Waals surface area contributed by atoms with E-state index in [0.717, 1.165) is 17.1 Å². The summed E-state index contributed by atoms with van der Waals surface area (Å²) in [6.45, 7) is 4.12. The number of H-pyrrole nitrogens is 1. The van der Waals surface area contributed by atoms with Gasteiger partial charge in [-0.3, -0.25) is 4.99 Å². The van der Waals surface area contributed by atoms with E-state index in [0.29, 0.717) is 10.8 Å². The molecule has 0 unspecified atom stereocenters. The number of aryl methyl sites for hydroxylation is 1. The van der Waals surface area contributed by atoms with Crippen LogP contribution in [0, 0.1) is 18.6 Å². The van der Waals surface area contributed by atoms with Gasteiger partial charge in [0.05, 0.1) is 17.4 Å². The number of imidazole rings is 1. The van der Waals surface area contributed by atoms with E-state index in [1.54, 1.807) is 0 Å². The Balaban J connectivity index is 1.97. The van der Waals surface area contributed by atoms with Crippen molar-refractivity contribution in [2.75, 3.05) is 5.01 Å². The molecule has 122 valence electrons. The van der Waals surface area contributed by atoms with Crippen molar-refractivity contribution in [2.45, 2.75) is 52.0 Å². The number of hydrogen-bond acceptors (Lipinski definition) is 2. The third kappa shape index (κ3) is 3.55. The normalized spacial score (nSPS) is 16.1. The van der Waals surface area contributed by atoms with Crippen molar-refractivity contribution in [3.05, 3.63) is 46.5 Å². The summed E-state index contributed by atoms with van der Waals surface area (Å²) in [5, 5.41) is 2.05. The maximum absolute atomic E-state index is 5.51. The van der Waals surface area contributed by atoms with Crippen LogP contribution < -0.4 is 5.01 Å². The van der Waals surface area contributed by atoms with Crippen LogP contribution in [0.15, 0.2) is 35.3 Å². The molecule has 1 aliphatic rings. The Bertz CT molecular complexity index is 723. The van der Waals surface area contributed by atoms with Gasteiger partial charge in [-0.2, -0.15) is 0 Å². The SMILES string of the molecule is Cc1[nH]c(=S)n(N(C=NC2CCCCC2)c2ccccc2)c1C. The van der Waals surface area contributed by atoms with Crippen molar-refractivity contribution in [3.63, 3.8) is 0 Å². The molecule has 1 saturated carbocycles. The molecule has 0 spiro atoms. The van der Waals surface area contributed by atoms with Gasteiger partial charge in [0.25, 0.3) is 0 Å². The van der Waals surface area contributed by atoms with E-state index in [9.17, 15) is 0 Å². The Labute approximate surface area is 142 Å². The maximum atomic E-state index is 5.51. The minimum Gasteiger partial charge on any atom is -0.333 e. The molecule has 1 fully saturated rings. The van der Waals surface area contributed by atoms with Crippen LogP contribution in [0.1, 0.15) is 43.5 Å². The highest BCUT2D eigenvalue weighted by molar-refractivity contribution is 7.71. The molecule has 4 nitrogen and oxygen atoms in total. The van der Waals surface area contributed by atoms with Gasteiger partial charge in [0.2, 0.25) is 0 Å². The zero-order chi connectivity index (χ0) is 16.2. The number of hydrogen-bond donors (Lipinski definition) is 1. The summed E-state index contributed by atoms with van der Waals surface area (Å²) in [5.74, 6) is 0. The van der Waals surface area contributed by atoms with Crippen molar-refractivity contribution < 1.29 is 0 Å². The first kappa shape index (κ1) is 16.0. The lowest BCUT2D eigenvalue weighted by atomic mass is 9.96. The molecule has 0 bridgehead atoms. The van der Waals surface area contributed by atoms with Gasteiger partial charge < -0.3 is 4.98 Å². The summed E-state index contributed by atoms with van der Waals surface area (Å²) < 4.78 is 2.71. The third-order valence-corrected chi connectivity index (χ3v) is 4.82. The highest BCUT2D eigenvalue weighted by atomic mass is 32.1. The van der Waals surface area contributed by atoms with E-state index in [-0.39, 0.29) is 0 Å². The summed E-state index contributed by atoms with van der Waals surface area (Å²) in [6, 6.07) is 10.7. The van der Waals surface area contributed by atoms with E-state index in [1.807, 2.05) is 36.1 Å². The number of aromatic nitrogens is 2. The predicted octanol–water partition coefficient (Wildman–Crippen LogP) is 4.79. The largest absolute Gasteiger partial charge is 0.333 e. The molecule has 23 heavy (non-hydrogen) atoms. The predicted molar refractivity (Wildman–Crippen MR) is 98.8 cm³/mol. The first-order chi connectivity index (χ1) is 11.2. The van der Waals surface area contributed by atoms with Crippen LogP contribution >= 0.6 is 12.2 Å². The Morgan fingerprint density at radius 1 is 1.17 bits per heavy atom. The fraction of sp³-hybridized carbons (Fsp3) is 0.444. The number of benzene rings is 1. The Morgan fingerprint density at radius 3 is 2.48 bits per heavy atom. The van der Waals surface area contributed by atoms with Gasteiger partial charge in [-0.05, 0) is 51.0 Å². The number of nitrogens with one attached hydrogen (secondary N) is 1. The molecule has 3 rings (SSSR count). The zero-order valence-electron chi connectivity index (χ0n) is 13.8. The van der Waals surface area contributed by atoms with Crippen LogP contribution in [0.25, 0.3) is 0 Å². The molecule has 0 radical (unpaired) electrons. The Hall–Kier alpha value is -1.88. The minimum absolute atomic E-state index is 0.435. The molecule has 2 aromatic rings. The lowest BCUT2D eigenvalue weighted by Crippen LogP contribution is -2.30. The van der Waals surface area contributed by atoms with Gasteiger partial charge in [-0.25, -0.2) is 9.69 Å². The molecule has 0 amide bonds. The highest BCUT2D eigenvalue weighted by Gasteiger charge is 2.15. The molecule has 1 aliphatic carbocycles. The van der Waals surface area contributed by atoms with Crippen LogP contribution in [0.3, 0.4) is 0 Å². The second-order valence-corrected chi connectivity index (χ2v) is 6.58. The molecule has 1 N–H and O–H groups in total. The minimum atomic E-state index is 0.435. The third-order valence-electron chi connectivity index (χ3n) is 4.54. The van der Waals surface area contributed by atoms with E-state index in [4.69, 9.17) is 17.2 Å². The second kappa shape index (κ2) is 7.13. The molecule has 1 aromatic heterocycles. The Morgan fingerprint density at radius 2 is 1.87 bits per heavy atom. The zero-order valence-corrected chi connectivity index (χ0v) is 14.6. The highest BCUT2D eigenvalue weighted by Crippen LogP contribution is 2.21. The van der Waals surface area contributed by atoms with Crippen LogP contribution in [-0.4, -0.2) is 22.0 Å². The fourth-order valence-electron chi connectivity index (χ4n) is 3.08. The molecule has 0 saturated heterocycles. The van der Waals surface area contributed by atoms with Crippen LogP contribution in [0.4, 0.5) is 5.69 Å². The van der Waals surface area contributed by atoms with E-state index < -0.39 is 0 Å². The van der Waals surface area contributed by atoms with Crippen molar-refractivity contribution in [3.8, 4) is 0 Å². The smallest absolute Gasteiger partial charge is 0.197 e. The number of anilines is 1. The number of aliphatic imine (C=N–C) groups is 1. The number of aromatic amines is 1. The molecular weight excluding hydrogens is 304 g/mol. The van der Waals surface area contributed by atoms with E-state index in [1.165, 1.54) is 32.1 Å². The van der Waals surface area contributed by atoms with Crippen LogP contribution in [0.5, 0.6) is 0 Å². The van der Waals surface area contributed by atoms with Crippen LogP contribution in [-0.2, 0) is 0 Å². The second-order valence-electron chi connectivity index (χ2n) is 6.19. The summed E-state index contributed by atoms with van der Waals surface area (Å²) in [6.07, 6.45) is 8.24. The monoisotopic (exact) mass is 328 g/mol. The average molecular weight is 328 g/mol. The number of para-hydroxylation sites is 1. The van der Waals surface area contributed by atoms with Crippen LogP contribution in [0.2, 0.25) is 0 Å². The first-order valence-corrected chi connectivity index (χ1v) is 8.73. The van der Waals surface area contributed by atoms with Crippen molar-refractivity contribution in [1.82, 2.24) is 9.66 Å². The van der Waals surface area contributed by atoms with E-state index in [2.05, 4.69) is 29.0 Å². The van der Waals surface area contributed by atoms with Crippen molar-refractivity contribution in [2.24, 2.45) is 4.99 Å². The van der Waals surface area contributed by atoms with Gasteiger partial charge in [-0.15, -0.1) is 0 Å². The average Bonchev–Trinajstić information content (AvgIpc) is 2.83. The topological polar surface area (TPSA) is 36.3 Å². The molecule has 1 heterocycles. The summed E-state index contributed by atoms with van der Waals surface area (Å²) in [4.78, 5) is 8.09. The lowest BCUT2D eigenvalue weighted by Gasteiger charge is -2.24. The number of rotatable bonds is 4. The van der Waals surface area contributed by atoms with Gasteiger partial charge in [0, 0.05) is 5.69 Å². The Kier molecular flexibility index (Phi) is 4.96. The van der Waals surface area contributed by atoms with Gasteiger partial charge >= 0.3 is 0 Å². The van der Waals surface area contributed by atoms with Crippen molar-refractivity contribution in [1.29, 1.82) is 0 Å².